The number of fused-ring (bicyclic) bond motifs is 1. The van der Waals surface area contributed by atoms with Gasteiger partial charge in [0.1, 0.15) is 11.6 Å². The van der Waals surface area contributed by atoms with Gasteiger partial charge in [0.25, 0.3) is 5.91 Å². The van der Waals surface area contributed by atoms with Crippen LogP contribution in [0, 0.1) is 19.7 Å². The van der Waals surface area contributed by atoms with E-state index in [2.05, 4.69) is 15.3 Å². The van der Waals surface area contributed by atoms with Crippen molar-refractivity contribution in [3.05, 3.63) is 64.7 Å². The number of methoxy groups -OCH3 is 1. The van der Waals surface area contributed by atoms with E-state index in [0.717, 1.165) is 16.9 Å². The fraction of sp³-hybridized carbons (Fsp3) is 0.211. The Hall–Kier alpha value is -3.02. The Morgan fingerprint density at radius 1 is 1.08 bits per heavy atom. The predicted octanol–water partition coefficient (Wildman–Crippen LogP) is 3.32. The molecule has 6 heteroatoms. The summed E-state index contributed by atoms with van der Waals surface area (Å²) < 4.78 is 18.6. The SMILES string of the molecule is COc1ccc(F)cc1CNC(=O)c1ccc2nc(C)c(C)nc2c1. The van der Waals surface area contributed by atoms with Gasteiger partial charge in [0.05, 0.1) is 29.5 Å². The lowest BCUT2D eigenvalue weighted by molar-refractivity contribution is 0.0950. The molecule has 3 rings (SSSR count). The predicted molar refractivity (Wildman–Crippen MR) is 93.1 cm³/mol. The Balaban J connectivity index is 1.81. The van der Waals surface area contributed by atoms with E-state index in [1.807, 2.05) is 13.8 Å². The van der Waals surface area contributed by atoms with Crippen LogP contribution in [0.3, 0.4) is 0 Å². The molecule has 3 aromatic rings. The Morgan fingerprint density at radius 3 is 2.52 bits per heavy atom. The highest BCUT2D eigenvalue weighted by atomic mass is 19.1. The number of hydrogen-bond acceptors (Lipinski definition) is 4. The second-order valence-electron chi connectivity index (χ2n) is 5.74. The highest BCUT2D eigenvalue weighted by molar-refractivity contribution is 5.97. The first kappa shape index (κ1) is 16.8. The molecule has 0 bridgehead atoms. The minimum atomic E-state index is -0.378. The van der Waals surface area contributed by atoms with Crippen molar-refractivity contribution in [2.24, 2.45) is 0 Å². The number of aryl methyl sites for hydroxylation is 2. The molecule has 0 aliphatic heterocycles. The summed E-state index contributed by atoms with van der Waals surface area (Å²) in [7, 11) is 1.50. The molecule has 1 aromatic heterocycles. The topological polar surface area (TPSA) is 64.1 Å². The number of amides is 1. The van der Waals surface area contributed by atoms with Crippen LogP contribution < -0.4 is 10.1 Å². The third kappa shape index (κ3) is 3.57. The normalized spacial score (nSPS) is 10.7. The maximum Gasteiger partial charge on any atom is 0.251 e. The Kier molecular flexibility index (Phi) is 4.61. The van der Waals surface area contributed by atoms with Crippen LogP contribution in [0.5, 0.6) is 5.75 Å². The maximum atomic E-state index is 13.4. The van der Waals surface area contributed by atoms with Crippen LogP contribution in [-0.2, 0) is 6.54 Å². The van der Waals surface area contributed by atoms with Gasteiger partial charge in [-0.2, -0.15) is 0 Å². The number of nitrogens with one attached hydrogen (secondary N) is 1. The molecule has 2 aromatic carbocycles. The van der Waals surface area contributed by atoms with Crippen molar-refractivity contribution >= 4 is 16.9 Å². The lowest BCUT2D eigenvalue weighted by Crippen LogP contribution is -2.23. The van der Waals surface area contributed by atoms with Crippen molar-refractivity contribution in [1.82, 2.24) is 15.3 Å². The molecular formula is C19H18FN3O2. The molecule has 5 nitrogen and oxygen atoms in total. The minimum absolute atomic E-state index is 0.163. The third-order valence-corrected chi connectivity index (χ3v) is 4.02. The summed E-state index contributed by atoms with van der Waals surface area (Å²) in [4.78, 5) is 21.3. The van der Waals surface area contributed by atoms with Crippen molar-refractivity contribution in [2.45, 2.75) is 20.4 Å². The number of carbonyl (C=O) groups excluding carboxylic acids is 1. The van der Waals surface area contributed by atoms with Crippen LogP contribution in [0.2, 0.25) is 0 Å². The monoisotopic (exact) mass is 339 g/mol. The first-order valence-corrected chi connectivity index (χ1v) is 7.83. The van der Waals surface area contributed by atoms with E-state index in [9.17, 15) is 9.18 Å². The van der Waals surface area contributed by atoms with Crippen LogP contribution in [-0.4, -0.2) is 23.0 Å². The molecule has 0 aliphatic rings. The molecule has 0 aliphatic carbocycles. The van der Waals surface area contributed by atoms with Gasteiger partial charge in [-0.1, -0.05) is 0 Å². The van der Waals surface area contributed by atoms with Crippen LogP contribution in [0.15, 0.2) is 36.4 Å². The van der Waals surface area contributed by atoms with Gasteiger partial charge in [-0.15, -0.1) is 0 Å². The molecule has 25 heavy (non-hydrogen) atoms. The number of aromatic nitrogens is 2. The first-order chi connectivity index (χ1) is 12.0. The lowest BCUT2D eigenvalue weighted by atomic mass is 10.1. The number of ether oxygens (including phenoxy) is 1. The summed E-state index contributed by atoms with van der Waals surface area (Å²) in [6, 6.07) is 9.37. The van der Waals surface area contributed by atoms with E-state index in [1.54, 1.807) is 18.2 Å². The van der Waals surface area contributed by atoms with E-state index in [1.165, 1.54) is 25.3 Å². The molecule has 0 unspecified atom stereocenters. The largest absolute Gasteiger partial charge is 0.496 e. The molecule has 0 saturated carbocycles. The van der Waals surface area contributed by atoms with Crippen LogP contribution in [0.25, 0.3) is 11.0 Å². The van der Waals surface area contributed by atoms with Crippen LogP contribution >= 0.6 is 0 Å². The van der Waals surface area contributed by atoms with Gasteiger partial charge in [-0.05, 0) is 50.2 Å². The Morgan fingerprint density at radius 2 is 1.80 bits per heavy atom. The summed E-state index contributed by atoms with van der Waals surface area (Å²) >= 11 is 0. The molecule has 1 heterocycles. The fourth-order valence-corrected chi connectivity index (χ4v) is 2.53. The molecule has 1 N–H and O–H groups in total. The molecule has 0 saturated heterocycles. The second-order valence-corrected chi connectivity index (χ2v) is 5.74. The standard InChI is InChI=1S/C19H18FN3O2/c1-11-12(2)23-17-9-13(4-6-16(17)22-11)19(24)21-10-14-8-15(20)5-7-18(14)25-3/h4-9H,10H2,1-3H3,(H,21,24). The summed E-state index contributed by atoms with van der Waals surface area (Å²) in [5, 5.41) is 2.77. The van der Waals surface area contributed by atoms with Gasteiger partial charge in [0, 0.05) is 17.7 Å². The zero-order valence-electron chi connectivity index (χ0n) is 14.3. The number of carbonyl (C=O) groups is 1. The van der Waals surface area contributed by atoms with Crippen molar-refractivity contribution in [3.8, 4) is 5.75 Å². The van der Waals surface area contributed by atoms with Gasteiger partial charge in [0.2, 0.25) is 0 Å². The van der Waals surface area contributed by atoms with Crippen molar-refractivity contribution in [1.29, 1.82) is 0 Å². The average Bonchev–Trinajstić information content (AvgIpc) is 2.60. The molecule has 0 spiro atoms. The quantitative estimate of drug-likeness (QED) is 0.792. The van der Waals surface area contributed by atoms with Gasteiger partial charge < -0.3 is 10.1 Å². The fourth-order valence-electron chi connectivity index (χ4n) is 2.53. The van der Waals surface area contributed by atoms with Gasteiger partial charge in [0.15, 0.2) is 0 Å². The zero-order chi connectivity index (χ0) is 18.0. The minimum Gasteiger partial charge on any atom is -0.496 e. The number of hydrogen-bond donors (Lipinski definition) is 1. The number of halogens is 1. The molecule has 0 atom stereocenters. The van der Waals surface area contributed by atoms with Crippen molar-refractivity contribution < 1.29 is 13.9 Å². The van der Waals surface area contributed by atoms with Crippen LogP contribution in [0.4, 0.5) is 4.39 Å². The third-order valence-electron chi connectivity index (χ3n) is 4.02. The van der Waals surface area contributed by atoms with E-state index in [-0.39, 0.29) is 18.3 Å². The number of benzene rings is 2. The molecular weight excluding hydrogens is 321 g/mol. The summed E-state index contributed by atoms with van der Waals surface area (Å²) in [6.07, 6.45) is 0. The molecule has 0 fully saturated rings. The zero-order valence-corrected chi connectivity index (χ0v) is 14.3. The highest BCUT2D eigenvalue weighted by Gasteiger charge is 2.11. The highest BCUT2D eigenvalue weighted by Crippen LogP contribution is 2.19. The number of nitrogens with zero attached hydrogens (tertiary/aromatic N) is 2. The molecule has 128 valence electrons. The summed E-state index contributed by atoms with van der Waals surface area (Å²) in [5.41, 5.74) is 4.14. The van der Waals surface area contributed by atoms with E-state index in [0.29, 0.717) is 22.4 Å². The van der Waals surface area contributed by atoms with E-state index < -0.39 is 0 Å². The maximum absolute atomic E-state index is 13.4. The summed E-state index contributed by atoms with van der Waals surface area (Å²) in [6.45, 7) is 3.94. The van der Waals surface area contributed by atoms with Crippen LogP contribution in [0.1, 0.15) is 27.3 Å². The molecule has 1 amide bonds. The number of rotatable bonds is 4. The lowest BCUT2D eigenvalue weighted by Gasteiger charge is -2.10. The van der Waals surface area contributed by atoms with Gasteiger partial charge >= 0.3 is 0 Å². The Labute approximate surface area is 144 Å². The summed E-state index contributed by atoms with van der Waals surface area (Å²) in [5.74, 6) is -0.123. The second kappa shape index (κ2) is 6.84. The molecule has 0 radical (unpaired) electrons. The van der Waals surface area contributed by atoms with E-state index >= 15 is 0 Å². The first-order valence-electron chi connectivity index (χ1n) is 7.83. The van der Waals surface area contributed by atoms with Gasteiger partial charge in [-0.3, -0.25) is 4.79 Å². The van der Waals surface area contributed by atoms with Crippen molar-refractivity contribution in [2.75, 3.05) is 7.11 Å². The smallest absolute Gasteiger partial charge is 0.251 e. The van der Waals surface area contributed by atoms with E-state index in [4.69, 9.17) is 4.74 Å². The Bertz CT molecular complexity index is 957. The van der Waals surface area contributed by atoms with Gasteiger partial charge in [-0.25, -0.2) is 14.4 Å². The van der Waals surface area contributed by atoms with Crippen molar-refractivity contribution in [3.63, 3.8) is 0 Å². The average molecular weight is 339 g/mol.